The minimum Gasteiger partial charge on any atom is -0.491 e. The van der Waals surface area contributed by atoms with Crippen molar-refractivity contribution in [3.8, 4) is 5.75 Å². The van der Waals surface area contributed by atoms with Crippen LogP contribution in [0.1, 0.15) is 46.6 Å². The van der Waals surface area contributed by atoms with Gasteiger partial charge in [0.05, 0.1) is 0 Å². The molecule has 23 heavy (non-hydrogen) atoms. The standard InChI is InChI=1S/C19H33NO2.ClH/c1-18(2,3)14-19(4,5)15-8-10-17(11-9-15)22-13-16(21)12-20(6)7;/h8-11,16,21H,12-14H2,1-7H3;1H. The van der Waals surface area contributed by atoms with Gasteiger partial charge in [-0.1, -0.05) is 46.8 Å². The molecule has 1 aromatic rings. The first-order chi connectivity index (χ1) is 9.99. The summed E-state index contributed by atoms with van der Waals surface area (Å²) in [5.74, 6) is 0.813. The van der Waals surface area contributed by atoms with Crippen LogP contribution in [0.3, 0.4) is 0 Å². The van der Waals surface area contributed by atoms with Gasteiger partial charge in [0.1, 0.15) is 18.5 Å². The fourth-order valence-electron chi connectivity index (χ4n) is 3.10. The summed E-state index contributed by atoms with van der Waals surface area (Å²) in [6, 6.07) is 8.28. The van der Waals surface area contributed by atoms with Gasteiger partial charge in [0.15, 0.2) is 0 Å². The van der Waals surface area contributed by atoms with Crippen LogP contribution in [0.5, 0.6) is 5.75 Å². The fraction of sp³-hybridized carbons (Fsp3) is 0.684. The highest BCUT2D eigenvalue weighted by molar-refractivity contribution is 5.85. The van der Waals surface area contributed by atoms with Gasteiger partial charge in [-0.15, -0.1) is 12.4 Å². The van der Waals surface area contributed by atoms with E-state index in [4.69, 9.17) is 4.74 Å². The van der Waals surface area contributed by atoms with Crippen molar-refractivity contribution in [2.24, 2.45) is 5.41 Å². The molecule has 1 atom stereocenters. The molecule has 1 N–H and O–H groups in total. The van der Waals surface area contributed by atoms with Crippen molar-refractivity contribution in [2.75, 3.05) is 27.2 Å². The zero-order valence-corrected chi connectivity index (χ0v) is 16.5. The van der Waals surface area contributed by atoms with E-state index in [1.807, 2.05) is 31.1 Å². The molecule has 134 valence electrons. The van der Waals surface area contributed by atoms with Gasteiger partial charge in [-0.2, -0.15) is 0 Å². The van der Waals surface area contributed by atoms with E-state index in [-0.39, 0.29) is 17.8 Å². The predicted molar refractivity (Wildman–Crippen MR) is 101 cm³/mol. The summed E-state index contributed by atoms with van der Waals surface area (Å²) < 4.78 is 5.66. The number of ether oxygens (including phenoxy) is 1. The molecular formula is C19H34ClNO2. The summed E-state index contributed by atoms with van der Waals surface area (Å²) in [6.45, 7) is 12.3. The number of benzene rings is 1. The Kier molecular flexibility index (Phi) is 8.61. The molecular weight excluding hydrogens is 310 g/mol. The molecule has 0 saturated heterocycles. The van der Waals surface area contributed by atoms with Gasteiger partial charge < -0.3 is 14.7 Å². The van der Waals surface area contributed by atoms with Gasteiger partial charge in [0, 0.05) is 6.54 Å². The van der Waals surface area contributed by atoms with Crippen molar-refractivity contribution in [3.63, 3.8) is 0 Å². The third-order valence-electron chi connectivity index (χ3n) is 3.63. The average molecular weight is 344 g/mol. The van der Waals surface area contributed by atoms with Crippen LogP contribution in [0.25, 0.3) is 0 Å². The smallest absolute Gasteiger partial charge is 0.119 e. The van der Waals surface area contributed by atoms with Gasteiger partial charge in [-0.25, -0.2) is 0 Å². The highest BCUT2D eigenvalue weighted by atomic mass is 35.5. The molecule has 1 unspecified atom stereocenters. The second-order valence-corrected chi connectivity index (χ2v) is 8.37. The Morgan fingerprint density at radius 3 is 2.00 bits per heavy atom. The highest BCUT2D eigenvalue weighted by Gasteiger charge is 2.27. The van der Waals surface area contributed by atoms with E-state index in [9.17, 15) is 5.11 Å². The molecule has 0 fully saturated rings. The Morgan fingerprint density at radius 1 is 1.04 bits per heavy atom. The van der Waals surface area contributed by atoms with E-state index in [1.54, 1.807) is 0 Å². The molecule has 0 bridgehead atoms. The fourth-order valence-corrected chi connectivity index (χ4v) is 3.10. The number of hydrogen-bond acceptors (Lipinski definition) is 3. The lowest BCUT2D eigenvalue weighted by Crippen LogP contribution is -2.30. The van der Waals surface area contributed by atoms with E-state index >= 15 is 0 Å². The lowest BCUT2D eigenvalue weighted by atomic mass is 9.72. The van der Waals surface area contributed by atoms with Crippen LogP contribution in [0.4, 0.5) is 0 Å². The monoisotopic (exact) mass is 343 g/mol. The molecule has 0 amide bonds. The first-order valence-electron chi connectivity index (χ1n) is 8.06. The minimum absolute atomic E-state index is 0. The molecule has 1 rings (SSSR count). The number of hydrogen-bond donors (Lipinski definition) is 1. The molecule has 0 saturated carbocycles. The Hall–Kier alpha value is -0.770. The Labute approximate surface area is 148 Å². The van der Waals surface area contributed by atoms with Crippen LogP contribution >= 0.6 is 12.4 Å². The summed E-state index contributed by atoms with van der Waals surface area (Å²) in [6.07, 6.45) is 0.661. The SMILES string of the molecule is CN(C)CC(O)COc1ccc(C(C)(C)CC(C)(C)C)cc1.Cl. The number of likely N-dealkylation sites (N-methyl/N-ethyl adjacent to an activating group) is 1. The maximum atomic E-state index is 9.83. The molecule has 0 aromatic heterocycles. The van der Waals surface area contributed by atoms with Crippen molar-refractivity contribution in [2.45, 2.75) is 52.6 Å². The van der Waals surface area contributed by atoms with Crippen molar-refractivity contribution in [1.82, 2.24) is 4.90 Å². The highest BCUT2D eigenvalue weighted by Crippen LogP contribution is 2.36. The quantitative estimate of drug-likeness (QED) is 0.808. The zero-order chi connectivity index (χ0) is 17.0. The number of rotatable bonds is 7. The number of nitrogens with zero attached hydrogens (tertiary/aromatic N) is 1. The van der Waals surface area contributed by atoms with Crippen molar-refractivity contribution >= 4 is 12.4 Å². The summed E-state index contributed by atoms with van der Waals surface area (Å²) in [5, 5.41) is 9.83. The maximum absolute atomic E-state index is 9.83. The summed E-state index contributed by atoms with van der Waals surface area (Å²) in [7, 11) is 3.88. The molecule has 0 aliphatic carbocycles. The van der Waals surface area contributed by atoms with E-state index in [0.29, 0.717) is 18.6 Å². The second kappa shape index (κ2) is 8.91. The van der Waals surface area contributed by atoms with Crippen LogP contribution in [-0.2, 0) is 5.41 Å². The summed E-state index contributed by atoms with van der Waals surface area (Å²) in [5.41, 5.74) is 1.76. The van der Waals surface area contributed by atoms with E-state index < -0.39 is 6.10 Å². The topological polar surface area (TPSA) is 32.7 Å². The molecule has 0 heterocycles. The lowest BCUT2D eigenvalue weighted by Gasteiger charge is -2.33. The number of halogens is 1. The second-order valence-electron chi connectivity index (χ2n) is 8.37. The van der Waals surface area contributed by atoms with Gasteiger partial charge in [-0.3, -0.25) is 0 Å². The molecule has 0 radical (unpaired) electrons. The van der Waals surface area contributed by atoms with Gasteiger partial charge in [0.25, 0.3) is 0 Å². The van der Waals surface area contributed by atoms with Crippen LogP contribution in [-0.4, -0.2) is 43.4 Å². The first kappa shape index (κ1) is 22.2. The van der Waals surface area contributed by atoms with E-state index in [1.165, 1.54) is 5.56 Å². The largest absolute Gasteiger partial charge is 0.491 e. The minimum atomic E-state index is -0.466. The van der Waals surface area contributed by atoms with Crippen molar-refractivity contribution < 1.29 is 9.84 Å². The molecule has 0 aliphatic heterocycles. The third kappa shape index (κ3) is 8.59. The van der Waals surface area contributed by atoms with E-state index in [2.05, 4.69) is 46.8 Å². The van der Waals surface area contributed by atoms with Crippen molar-refractivity contribution in [3.05, 3.63) is 29.8 Å². The number of aliphatic hydroxyl groups is 1. The van der Waals surface area contributed by atoms with Crippen LogP contribution in [0.2, 0.25) is 0 Å². The van der Waals surface area contributed by atoms with Crippen LogP contribution < -0.4 is 4.74 Å². The molecule has 4 heteroatoms. The summed E-state index contributed by atoms with van der Waals surface area (Å²) in [4.78, 5) is 1.95. The number of aliphatic hydroxyl groups excluding tert-OH is 1. The molecule has 0 aliphatic rings. The molecule has 1 aromatic carbocycles. The molecule has 3 nitrogen and oxygen atoms in total. The zero-order valence-electron chi connectivity index (χ0n) is 15.7. The first-order valence-corrected chi connectivity index (χ1v) is 8.06. The Balaban J connectivity index is 0.00000484. The predicted octanol–water partition coefficient (Wildman–Crippen LogP) is 4.12. The van der Waals surface area contributed by atoms with Gasteiger partial charge >= 0.3 is 0 Å². The lowest BCUT2D eigenvalue weighted by molar-refractivity contribution is 0.0831. The Morgan fingerprint density at radius 2 is 1.57 bits per heavy atom. The van der Waals surface area contributed by atoms with Crippen molar-refractivity contribution in [1.29, 1.82) is 0 Å². The maximum Gasteiger partial charge on any atom is 0.119 e. The summed E-state index contributed by atoms with van der Waals surface area (Å²) >= 11 is 0. The van der Waals surface area contributed by atoms with Gasteiger partial charge in [0.2, 0.25) is 0 Å². The third-order valence-corrected chi connectivity index (χ3v) is 3.63. The van der Waals surface area contributed by atoms with Gasteiger partial charge in [-0.05, 0) is 49.0 Å². The van der Waals surface area contributed by atoms with E-state index in [0.717, 1.165) is 12.2 Å². The van der Waals surface area contributed by atoms with Crippen LogP contribution in [0, 0.1) is 5.41 Å². The normalized spacial score (nSPS) is 13.6. The molecule has 0 spiro atoms. The Bertz CT molecular complexity index is 449. The average Bonchev–Trinajstić information content (AvgIpc) is 2.33. The van der Waals surface area contributed by atoms with Crippen LogP contribution in [0.15, 0.2) is 24.3 Å².